The number of carbonyl (C=O) groups is 1. The van der Waals surface area contributed by atoms with Gasteiger partial charge in [0, 0.05) is 17.6 Å². The van der Waals surface area contributed by atoms with Crippen molar-refractivity contribution >= 4 is 17.4 Å². The summed E-state index contributed by atoms with van der Waals surface area (Å²) in [5, 5.41) is 3.31. The van der Waals surface area contributed by atoms with E-state index in [9.17, 15) is 4.79 Å². The fraction of sp³-hybridized carbons (Fsp3) is 0.350. The molecular formula is C20H24N4O3. The van der Waals surface area contributed by atoms with Crippen LogP contribution in [0.4, 0.5) is 5.69 Å². The molecule has 7 nitrogen and oxygen atoms in total. The maximum atomic E-state index is 11.8. The standard InChI is InChI=1S/C20H24N4O3/c1-12(2)27-18-7-6-15(19(25)26-5)9-17(18)21-10-16-11-24-14(4)8-13(3)22-20(24)23-16/h6-9,11-12,21H,10H2,1-5H3. The second-order valence-corrected chi connectivity index (χ2v) is 6.66. The van der Waals surface area contributed by atoms with Crippen LogP contribution in [0.25, 0.3) is 5.78 Å². The Bertz CT molecular complexity index is 979. The van der Waals surface area contributed by atoms with Crippen LogP contribution < -0.4 is 10.1 Å². The van der Waals surface area contributed by atoms with Crippen LogP contribution in [-0.2, 0) is 11.3 Å². The van der Waals surface area contributed by atoms with Gasteiger partial charge in [-0.25, -0.2) is 14.8 Å². The Labute approximate surface area is 158 Å². The summed E-state index contributed by atoms with van der Waals surface area (Å²) < 4.78 is 12.6. The highest BCUT2D eigenvalue weighted by atomic mass is 16.5. The van der Waals surface area contributed by atoms with E-state index >= 15 is 0 Å². The molecule has 2 aromatic heterocycles. The van der Waals surface area contributed by atoms with Crippen molar-refractivity contribution in [3.8, 4) is 5.75 Å². The first-order valence-corrected chi connectivity index (χ1v) is 8.82. The van der Waals surface area contributed by atoms with Crippen molar-refractivity contribution in [2.24, 2.45) is 0 Å². The minimum atomic E-state index is -0.392. The summed E-state index contributed by atoms with van der Waals surface area (Å²) in [6, 6.07) is 7.20. The number of hydrogen-bond donors (Lipinski definition) is 1. The lowest BCUT2D eigenvalue weighted by molar-refractivity contribution is 0.0600. The first kappa shape index (κ1) is 18.7. The lowest BCUT2D eigenvalue weighted by Crippen LogP contribution is -2.10. The minimum Gasteiger partial charge on any atom is -0.489 e. The predicted molar refractivity (Wildman–Crippen MR) is 103 cm³/mol. The van der Waals surface area contributed by atoms with Crippen molar-refractivity contribution in [2.45, 2.75) is 40.3 Å². The van der Waals surface area contributed by atoms with Gasteiger partial charge in [0.15, 0.2) is 0 Å². The van der Waals surface area contributed by atoms with Crippen LogP contribution in [0.1, 0.15) is 41.3 Å². The van der Waals surface area contributed by atoms with Crippen LogP contribution in [0.3, 0.4) is 0 Å². The van der Waals surface area contributed by atoms with Gasteiger partial charge in [-0.05, 0) is 52.0 Å². The fourth-order valence-electron chi connectivity index (χ4n) is 2.86. The maximum absolute atomic E-state index is 11.8. The molecule has 7 heteroatoms. The third-order valence-electron chi connectivity index (χ3n) is 4.03. The molecule has 0 aliphatic carbocycles. The van der Waals surface area contributed by atoms with Gasteiger partial charge in [0.1, 0.15) is 5.75 Å². The number of nitrogens with zero attached hydrogens (tertiary/aromatic N) is 3. The van der Waals surface area contributed by atoms with Crippen molar-refractivity contribution in [2.75, 3.05) is 12.4 Å². The molecule has 1 aromatic carbocycles. The molecule has 0 aliphatic rings. The summed E-state index contributed by atoms with van der Waals surface area (Å²) in [6.07, 6.45) is 1.97. The number of carbonyl (C=O) groups excluding carboxylic acids is 1. The molecule has 2 heterocycles. The lowest BCUT2D eigenvalue weighted by Gasteiger charge is -2.16. The van der Waals surface area contributed by atoms with E-state index in [2.05, 4.69) is 15.3 Å². The Kier molecular flexibility index (Phi) is 5.30. The van der Waals surface area contributed by atoms with E-state index in [1.54, 1.807) is 18.2 Å². The highest BCUT2D eigenvalue weighted by Crippen LogP contribution is 2.28. The first-order chi connectivity index (χ1) is 12.9. The molecule has 3 rings (SSSR count). The zero-order chi connectivity index (χ0) is 19.6. The fourth-order valence-corrected chi connectivity index (χ4v) is 2.86. The van der Waals surface area contributed by atoms with Gasteiger partial charge in [0.05, 0.1) is 36.7 Å². The molecule has 0 unspecified atom stereocenters. The van der Waals surface area contributed by atoms with Crippen LogP contribution in [0, 0.1) is 13.8 Å². The number of benzene rings is 1. The number of nitrogens with one attached hydrogen (secondary N) is 1. The summed E-state index contributed by atoms with van der Waals surface area (Å²) in [5.74, 6) is 0.954. The highest BCUT2D eigenvalue weighted by molar-refractivity contribution is 5.91. The number of imidazole rings is 1. The molecular weight excluding hydrogens is 344 g/mol. The van der Waals surface area contributed by atoms with E-state index in [1.807, 2.05) is 44.4 Å². The van der Waals surface area contributed by atoms with E-state index < -0.39 is 5.97 Å². The molecule has 0 aliphatic heterocycles. The van der Waals surface area contributed by atoms with Crippen molar-refractivity contribution in [3.05, 3.63) is 53.1 Å². The van der Waals surface area contributed by atoms with Gasteiger partial charge in [-0.15, -0.1) is 0 Å². The number of hydrogen-bond acceptors (Lipinski definition) is 6. The second-order valence-electron chi connectivity index (χ2n) is 6.66. The molecule has 0 spiro atoms. The Morgan fingerprint density at radius 2 is 2.00 bits per heavy atom. The first-order valence-electron chi connectivity index (χ1n) is 8.82. The van der Waals surface area contributed by atoms with Gasteiger partial charge in [0.25, 0.3) is 0 Å². The quantitative estimate of drug-likeness (QED) is 0.671. The van der Waals surface area contributed by atoms with Gasteiger partial charge in [-0.2, -0.15) is 0 Å². The topological polar surface area (TPSA) is 77.8 Å². The summed E-state index contributed by atoms with van der Waals surface area (Å²) in [4.78, 5) is 20.9. The number of ether oxygens (including phenoxy) is 2. The number of rotatable bonds is 6. The summed E-state index contributed by atoms with van der Waals surface area (Å²) in [7, 11) is 1.36. The normalized spacial score (nSPS) is 11.0. The van der Waals surface area contributed by atoms with E-state index in [-0.39, 0.29) is 6.10 Å². The minimum absolute atomic E-state index is 0.0135. The summed E-state index contributed by atoms with van der Waals surface area (Å²) >= 11 is 0. The molecule has 0 saturated carbocycles. The molecule has 0 fully saturated rings. The molecule has 0 radical (unpaired) electrons. The number of anilines is 1. The number of esters is 1. The zero-order valence-corrected chi connectivity index (χ0v) is 16.2. The Morgan fingerprint density at radius 3 is 2.70 bits per heavy atom. The average Bonchev–Trinajstić information content (AvgIpc) is 3.03. The Balaban J connectivity index is 1.87. The van der Waals surface area contributed by atoms with Crippen LogP contribution >= 0.6 is 0 Å². The monoisotopic (exact) mass is 368 g/mol. The smallest absolute Gasteiger partial charge is 0.337 e. The van der Waals surface area contributed by atoms with Crippen molar-refractivity contribution in [3.63, 3.8) is 0 Å². The van der Waals surface area contributed by atoms with Crippen molar-refractivity contribution < 1.29 is 14.3 Å². The van der Waals surface area contributed by atoms with Gasteiger partial charge in [-0.1, -0.05) is 0 Å². The second kappa shape index (κ2) is 7.65. The molecule has 27 heavy (non-hydrogen) atoms. The van der Waals surface area contributed by atoms with Crippen LogP contribution in [0.2, 0.25) is 0 Å². The number of methoxy groups -OCH3 is 1. The van der Waals surface area contributed by atoms with E-state index in [4.69, 9.17) is 9.47 Å². The van der Waals surface area contributed by atoms with Crippen LogP contribution in [0.15, 0.2) is 30.5 Å². The van der Waals surface area contributed by atoms with E-state index in [0.717, 1.165) is 17.1 Å². The van der Waals surface area contributed by atoms with E-state index in [0.29, 0.717) is 29.3 Å². The van der Waals surface area contributed by atoms with E-state index in [1.165, 1.54) is 7.11 Å². The van der Waals surface area contributed by atoms with Gasteiger partial charge < -0.3 is 14.8 Å². The molecule has 1 N–H and O–H groups in total. The summed E-state index contributed by atoms with van der Waals surface area (Å²) in [6.45, 7) is 8.36. The third kappa shape index (κ3) is 4.19. The van der Waals surface area contributed by atoms with Gasteiger partial charge in [0.2, 0.25) is 5.78 Å². The molecule has 0 saturated heterocycles. The van der Waals surface area contributed by atoms with Crippen molar-refractivity contribution in [1.82, 2.24) is 14.4 Å². The van der Waals surface area contributed by atoms with Gasteiger partial charge in [-0.3, -0.25) is 4.40 Å². The molecule has 3 aromatic rings. The molecule has 0 bridgehead atoms. The van der Waals surface area contributed by atoms with Crippen molar-refractivity contribution in [1.29, 1.82) is 0 Å². The molecule has 142 valence electrons. The van der Waals surface area contributed by atoms with Crippen LogP contribution in [0.5, 0.6) is 5.75 Å². The van der Waals surface area contributed by atoms with Crippen LogP contribution in [-0.4, -0.2) is 33.6 Å². The van der Waals surface area contributed by atoms with Gasteiger partial charge >= 0.3 is 5.97 Å². The molecule has 0 amide bonds. The zero-order valence-electron chi connectivity index (χ0n) is 16.2. The largest absolute Gasteiger partial charge is 0.489 e. The molecule has 0 atom stereocenters. The number of aromatic nitrogens is 3. The number of fused-ring (bicyclic) bond motifs is 1. The maximum Gasteiger partial charge on any atom is 0.337 e. The average molecular weight is 368 g/mol. The Morgan fingerprint density at radius 1 is 1.22 bits per heavy atom. The lowest BCUT2D eigenvalue weighted by atomic mass is 10.2. The number of aryl methyl sites for hydroxylation is 2. The predicted octanol–water partition coefficient (Wildman–Crippen LogP) is 3.53. The highest BCUT2D eigenvalue weighted by Gasteiger charge is 2.13. The third-order valence-corrected chi connectivity index (χ3v) is 4.03. The SMILES string of the molecule is COC(=O)c1ccc(OC(C)C)c(NCc2cn3c(C)cc(C)nc3n2)c1. The summed E-state index contributed by atoms with van der Waals surface area (Å²) in [5.41, 5.74) is 4.02. The Hall–Kier alpha value is -3.09.